The van der Waals surface area contributed by atoms with Gasteiger partial charge in [0.05, 0.1) is 25.1 Å². The predicted molar refractivity (Wildman–Crippen MR) is 86.9 cm³/mol. The van der Waals surface area contributed by atoms with Crippen molar-refractivity contribution >= 4 is 0 Å². The van der Waals surface area contributed by atoms with Gasteiger partial charge in [-0.05, 0) is 26.1 Å². The molecule has 5 heteroatoms. The first-order chi connectivity index (χ1) is 10.5. The molecule has 5 nitrogen and oxygen atoms in total. The standard InChI is InChI=1S/C17H25N3O2/c1-14-18-9-16(20(14)15-7-5-4-6-8-15)10-19(3)11-17(2,12-21)13-22/h4-9,21-22H,10-13H2,1-3H3. The third kappa shape index (κ3) is 3.74. The number of aliphatic hydroxyl groups excluding tert-OH is 2. The molecule has 0 saturated heterocycles. The second-order valence-corrected chi connectivity index (χ2v) is 6.27. The molecule has 0 unspecified atom stereocenters. The molecule has 2 aromatic rings. The summed E-state index contributed by atoms with van der Waals surface area (Å²) in [5, 5.41) is 18.9. The second-order valence-electron chi connectivity index (χ2n) is 6.27. The van der Waals surface area contributed by atoms with E-state index in [2.05, 4.69) is 26.6 Å². The molecule has 0 saturated carbocycles. The van der Waals surface area contributed by atoms with Gasteiger partial charge in [0.25, 0.3) is 0 Å². The maximum absolute atomic E-state index is 9.43. The minimum atomic E-state index is -0.499. The molecule has 22 heavy (non-hydrogen) atoms. The van der Waals surface area contributed by atoms with Crippen LogP contribution in [0.4, 0.5) is 0 Å². The second kappa shape index (κ2) is 7.05. The maximum Gasteiger partial charge on any atom is 0.110 e. The van der Waals surface area contributed by atoms with E-state index in [0.717, 1.165) is 17.2 Å². The van der Waals surface area contributed by atoms with E-state index >= 15 is 0 Å². The van der Waals surface area contributed by atoms with Gasteiger partial charge in [0, 0.05) is 24.2 Å². The van der Waals surface area contributed by atoms with Crippen molar-refractivity contribution < 1.29 is 10.2 Å². The molecule has 2 N–H and O–H groups in total. The van der Waals surface area contributed by atoms with Crippen molar-refractivity contribution in [1.82, 2.24) is 14.5 Å². The fraction of sp³-hybridized carbons (Fsp3) is 0.471. The summed E-state index contributed by atoms with van der Waals surface area (Å²) < 4.78 is 2.13. The van der Waals surface area contributed by atoms with E-state index in [0.29, 0.717) is 13.1 Å². The summed E-state index contributed by atoms with van der Waals surface area (Å²) in [6.45, 7) is 5.10. The first-order valence-electron chi connectivity index (χ1n) is 7.48. The highest BCUT2D eigenvalue weighted by atomic mass is 16.3. The van der Waals surface area contributed by atoms with Crippen molar-refractivity contribution in [2.45, 2.75) is 20.4 Å². The van der Waals surface area contributed by atoms with Crippen LogP contribution >= 0.6 is 0 Å². The Labute approximate surface area is 131 Å². The zero-order chi connectivity index (χ0) is 16.2. The van der Waals surface area contributed by atoms with Crippen molar-refractivity contribution in [3.63, 3.8) is 0 Å². The van der Waals surface area contributed by atoms with E-state index in [-0.39, 0.29) is 13.2 Å². The van der Waals surface area contributed by atoms with E-state index in [9.17, 15) is 10.2 Å². The molecule has 0 aliphatic carbocycles. The zero-order valence-corrected chi connectivity index (χ0v) is 13.5. The highest BCUT2D eigenvalue weighted by molar-refractivity contribution is 5.35. The fourth-order valence-corrected chi connectivity index (χ4v) is 2.67. The lowest BCUT2D eigenvalue weighted by molar-refractivity contribution is 0.0398. The normalized spacial score (nSPS) is 12.1. The SMILES string of the molecule is Cc1ncc(CN(C)CC(C)(CO)CO)n1-c1ccccc1. The van der Waals surface area contributed by atoms with E-state index in [1.807, 2.05) is 45.3 Å². The van der Waals surface area contributed by atoms with Crippen LogP contribution in [-0.4, -0.2) is 51.5 Å². The van der Waals surface area contributed by atoms with Crippen molar-refractivity contribution in [3.8, 4) is 5.69 Å². The van der Waals surface area contributed by atoms with Crippen LogP contribution in [0, 0.1) is 12.3 Å². The van der Waals surface area contributed by atoms with Gasteiger partial charge < -0.3 is 10.2 Å². The van der Waals surface area contributed by atoms with Crippen LogP contribution in [0.3, 0.4) is 0 Å². The highest BCUT2D eigenvalue weighted by Crippen LogP contribution is 2.19. The van der Waals surface area contributed by atoms with Gasteiger partial charge in [0.1, 0.15) is 5.82 Å². The predicted octanol–water partition coefficient (Wildman–Crippen LogP) is 1.60. The number of hydrogen-bond acceptors (Lipinski definition) is 4. The maximum atomic E-state index is 9.43. The lowest BCUT2D eigenvalue weighted by Crippen LogP contribution is -2.38. The van der Waals surface area contributed by atoms with Crippen LogP contribution in [-0.2, 0) is 6.54 Å². The Morgan fingerprint density at radius 2 is 1.82 bits per heavy atom. The van der Waals surface area contributed by atoms with Gasteiger partial charge in [-0.15, -0.1) is 0 Å². The largest absolute Gasteiger partial charge is 0.396 e. The molecule has 0 aliphatic heterocycles. The quantitative estimate of drug-likeness (QED) is 0.816. The lowest BCUT2D eigenvalue weighted by atomic mass is 9.92. The number of imidazole rings is 1. The topological polar surface area (TPSA) is 61.5 Å². The molecule has 120 valence electrons. The molecule has 0 atom stereocenters. The Bertz CT molecular complexity index is 591. The number of rotatable bonds is 7. The van der Waals surface area contributed by atoms with Gasteiger partial charge in [-0.2, -0.15) is 0 Å². The van der Waals surface area contributed by atoms with Crippen LogP contribution in [0.15, 0.2) is 36.5 Å². The van der Waals surface area contributed by atoms with Crippen LogP contribution in [0.2, 0.25) is 0 Å². The summed E-state index contributed by atoms with van der Waals surface area (Å²) in [6.07, 6.45) is 1.88. The van der Waals surface area contributed by atoms with Gasteiger partial charge in [0.2, 0.25) is 0 Å². The van der Waals surface area contributed by atoms with E-state index in [4.69, 9.17) is 0 Å². The van der Waals surface area contributed by atoms with Crippen molar-refractivity contribution in [2.75, 3.05) is 26.8 Å². The molecule has 0 fully saturated rings. The van der Waals surface area contributed by atoms with Gasteiger partial charge in [-0.25, -0.2) is 4.98 Å². The lowest BCUT2D eigenvalue weighted by Gasteiger charge is -2.30. The minimum absolute atomic E-state index is 0.0369. The monoisotopic (exact) mass is 303 g/mol. The number of aliphatic hydroxyl groups is 2. The molecule has 0 aliphatic rings. The molecule has 0 spiro atoms. The van der Waals surface area contributed by atoms with Crippen molar-refractivity contribution in [2.24, 2.45) is 5.41 Å². The van der Waals surface area contributed by atoms with Crippen molar-refractivity contribution in [3.05, 3.63) is 48.0 Å². The van der Waals surface area contributed by atoms with Crippen molar-refractivity contribution in [1.29, 1.82) is 0 Å². The Kier molecular flexibility index (Phi) is 5.34. The average Bonchev–Trinajstić information content (AvgIpc) is 2.88. The van der Waals surface area contributed by atoms with E-state index < -0.39 is 5.41 Å². The van der Waals surface area contributed by atoms with Gasteiger partial charge >= 0.3 is 0 Å². The third-order valence-electron chi connectivity index (χ3n) is 3.87. The summed E-state index contributed by atoms with van der Waals surface area (Å²) >= 11 is 0. The number of para-hydroxylation sites is 1. The first-order valence-corrected chi connectivity index (χ1v) is 7.48. The number of aryl methyl sites for hydroxylation is 1. The number of hydrogen-bond donors (Lipinski definition) is 2. The number of nitrogens with zero attached hydrogens (tertiary/aromatic N) is 3. The summed E-state index contributed by atoms with van der Waals surface area (Å²) in [5.41, 5.74) is 1.68. The Morgan fingerprint density at radius 1 is 1.18 bits per heavy atom. The summed E-state index contributed by atoms with van der Waals surface area (Å²) in [5.74, 6) is 0.946. The van der Waals surface area contributed by atoms with Crippen LogP contribution < -0.4 is 0 Å². The Hall–Kier alpha value is -1.69. The number of aromatic nitrogens is 2. The molecule has 1 aromatic carbocycles. The summed E-state index contributed by atoms with van der Waals surface area (Å²) in [6, 6.07) is 10.1. The first kappa shape index (κ1) is 16.7. The summed E-state index contributed by atoms with van der Waals surface area (Å²) in [4.78, 5) is 6.52. The minimum Gasteiger partial charge on any atom is -0.396 e. The molecule has 2 rings (SSSR count). The Balaban J connectivity index is 2.18. The van der Waals surface area contributed by atoms with Crippen LogP contribution in [0.25, 0.3) is 5.69 Å². The van der Waals surface area contributed by atoms with Crippen LogP contribution in [0.5, 0.6) is 0 Å². The van der Waals surface area contributed by atoms with E-state index in [1.165, 1.54) is 0 Å². The molecular formula is C17H25N3O2. The van der Waals surface area contributed by atoms with E-state index in [1.54, 1.807) is 0 Å². The van der Waals surface area contributed by atoms with Gasteiger partial charge in [-0.1, -0.05) is 25.1 Å². The molecule has 0 bridgehead atoms. The molecule has 0 amide bonds. The Morgan fingerprint density at radius 3 is 2.41 bits per heavy atom. The highest BCUT2D eigenvalue weighted by Gasteiger charge is 2.25. The average molecular weight is 303 g/mol. The van der Waals surface area contributed by atoms with Gasteiger partial charge in [-0.3, -0.25) is 9.47 Å². The fourth-order valence-electron chi connectivity index (χ4n) is 2.67. The summed E-state index contributed by atoms with van der Waals surface area (Å²) in [7, 11) is 1.99. The van der Waals surface area contributed by atoms with Crippen LogP contribution in [0.1, 0.15) is 18.4 Å². The third-order valence-corrected chi connectivity index (χ3v) is 3.87. The zero-order valence-electron chi connectivity index (χ0n) is 13.5. The molecule has 1 aromatic heterocycles. The molecular weight excluding hydrogens is 278 g/mol. The molecule has 0 radical (unpaired) electrons. The van der Waals surface area contributed by atoms with Gasteiger partial charge in [0.15, 0.2) is 0 Å². The smallest absolute Gasteiger partial charge is 0.110 e. The number of benzene rings is 1. The molecule has 1 heterocycles.